The summed E-state index contributed by atoms with van der Waals surface area (Å²) in [4.78, 5) is 26.8. The number of halogens is 1. The monoisotopic (exact) mass is 390 g/mol. The number of hydrogen-bond acceptors (Lipinski definition) is 5. The predicted octanol–water partition coefficient (Wildman–Crippen LogP) is 1.70. The van der Waals surface area contributed by atoms with Crippen LogP contribution in [0.15, 0.2) is 41.3 Å². The van der Waals surface area contributed by atoms with Crippen LogP contribution in [0.1, 0.15) is 23.9 Å². The molecule has 1 fully saturated rings. The smallest absolute Gasteiger partial charge is 0.274 e. The first-order valence-corrected chi connectivity index (χ1v) is 8.94. The van der Waals surface area contributed by atoms with Gasteiger partial charge < -0.3 is 24.0 Å². The van der Waals surface area contributed by atoms with Crippen molar-refractivity contribution in [1.29, 1.82) is 0 Å². The predicted molar refractivity (Wildman–Crippen MR) is 101 cm³/mol. The van der Waals surface area contributed by atoms with Crippen molar-refractivity contribution in [3.8, 4) is 5.75 Å². The van der Waals surface area contributed by atoms with Gasteiger partial charge >= 0.3 is 0 Å². The fourth-order valence-corrected chi connectivity index (χ4v) is 3.52. The van der Waals surface area contributed by atoms with Gasteiger partial charge in [0.05, 0.1) is 26.4 Å². The van der Waals surface area contributed by atoms with Crippen LogP contribution in [0.4, 0.5) is 10.1 Å². The number of methoxy groups -OCH3 is 2. The van der Waals surface area contributed by atoms with Crippen LogP contribution in [0.3, 0.4) is 0 Å². The molecule has 1 aliphatic heterocycles. The van der Waals surface area contributed by atoms with E-state index in [1.165, 1.54) is 29.8 Å². The van der Waals surface area contributed by atoms with E-state index in [0.717, 1.165) is 0 Å². The first-order chi connectivity index (χ1) is 13.5. The quantitative estimate of drug-likeness (QED) is 0.778. The van der Waals surface area contributed by atoms with Crippen molar-refractivity contribution in [3.63, 3.8) is 0 Å². The summed E-state index contributed by atoms with van der Waals surface area (Å²) >= 11 is 0. The first kappa shape index (κ1) is 20.0. The number of carbonyl (C=O) groups excluding carboxylic acids is 1. The maximum absolute atomic E-state index is 14.4. The Morgan fingerprint density at radius 1 is 1.29 bits per heavy atom. The van der Waals surface area contributed by atoms with Crippen molar-refractivity contribution in [1.82, 2.24) is 4.57 Å². The fraction of sp³-hybridized carbons (Fsp3) is 0.400. The lowest BCUT2D eigenvalue weighted by Gasteiger charge is -2.21. The van der Waals surface area contributed by atoms with Crippen LogP contribution >= 0.6 is 0 Å². The highest BCUT2D eigenvalue weighted by molar-refractivity contribution is 5.96. The highest BCUT2D eigenvalue weighted by Gasteiger charge is 2.34. The zero-order valence-electron chi connectivity index (χ0n) is 15.8. The standard InChI is InChI=1S/C20H23FN2O5/c1-27-12-14(11-24)22-7-3-4-18(20(22)26)23-10-13(8-19(23)25)16-6-5-15(28-2)9-17(16)21/h3-7,9,13-14,24H,8,10-12H2,1-2H3. The summed E-state index contributed by atoms with van der Waals surface area (Å²) in [6.07, 6.45) is 1.66. The molecule has 2 atom stereocenters. The second-order valence-corrected chi connectivity index (χ2v) is 6.69. The molecule has 0 saturated carbocycles. The molecular weight excluding hydrogens is 367 g/mol. The van der Waals surface area contributed by atoms with Gasteiger partial charge in [0.1, 0.15) is 17.3 Å². The van der Waals surface area contributed by atoms with Gasteiger partial charge in [0, 0.05) is 38.3 Å². The molecule has 0 radical (unpaired) electrons. The minimum absolute atomic E-state index is 0.110. The van der Waals surface area contributed by atoms with E-state index in [2.05, 4.69) is 0 Å². The maximum Gasteiger partial charge on any atom is 0.274 e. The third-order valence-corrected chi connectivity index (χ3v) is 4.98. The molecule has 28 heavy (non-hydrogen) atoms. The van der Waals surface area contributed by atoms with E-state index in [1.807, 2.05) is 0 Å². The molecule has 0 bridgehead atoms. The molecule has 0 aliphatic carbocycles. The summed E-state index contributed by atoms with van der Waals surface area (Å²) in [7, 11) is 2.94. The summed E-state index contributed by atoms with van der Waals surface area (Å²) in [6.45, 7) is 0.0910. The van der Waals surface area contributed by atoms with Gasteiger partial charge in [-0.25, -0.2) is 4.39 Å². The van der Waals surface area contributed by atoms with Gasteiger partial charge in [-0.15, -0.1) is 0 Å². The van der Waals surface area contributed by atoms with Crippen LogP contribution in [-0.2, 0) is 9.53 Å². The van der Waals surface area contributed by atoms with Crippen LogP contribution in [-0.4, -0.2) is 49.6 Å². The summed E-state index contributed by atoms with van der Waals surface area (Å²) in [5.41, 5.74) is 0.224. The van der Waals surface area contributed by atoms with Gasteiger partial charge in [-0.2, -0.15) is 0 Å². The molecule has 2 aromatic rings. The molecule has 3 rings (SSSR count). The van der Waals surface area contributed by atoms with Crippen molar-refractivity contribution in [2.75, 3.05) is 38.9 Å². The maximum atomic E-state index is 14.4. The SMILES string of the molecule is COCC(CO)n1cccc(N2CC(c3ccc(OC)cc3F)CC2=O)c1=O. The van der Waals surface area contributed by atoms with Crippen LogP contribution in [0.25, 0.3) is 0 Å². The van der Waals surface area contributed by atoms with E-state index in [9.17, 15) is 19.1 Å². The Kier molecular flexibility index (Phi) is 6.11. The van der Waals surface area contributed by atoms with Crippen molar-refractivity contribution >= 4 is 11.6 Å². The normalized spacial score (nSPS) is 17.8. The highest BCUT2D eigenvalue weighted by atomic mass is 19.1. The number of amides is 1. The summed E-state index contributed by atoms with van der Waals surface area (Å²) in [6, 6.07) is 7.20. The third kappa shape index (κ3) is 3.79. The van der Waals surface area contributed by atoms with E-state index in [4.69, 9.17) is 9.47 Å². The Balaban J connectivity index is 1.89. The Bertz CT molecular complexity index is 914. The van der Waals surface area contributed by atoms with Crippen LogP contribution in [0, 0.1) is 5.82 Å². The van der Waals surface area contributed by atoms with Crippen molar-refractivity contribution in [3.05, 3.63) is 58.3 Å². The number of benzene rings is 1. The summed E-state index contributed by atoms with van der Waals surface area (Å²) in [5, 5.41) is 9.54. The molecule has 1 amide bonds. The number of nitrogens with zero attached hydrogens (tertiary/aromatic N) is 2. The molecule has 7 nitrogen and oxygen atoms in total. The minimum Gasteiger partial charge on any atom is -0.497 e. The lowest BCUT2D eigenvalue weighted by molar-refractivity contribution is -0.117. The number of aliphatic hydroxyl groups is 1. The van der Waals surface area contributed by atoms with Gasteiger partial charge in [-0.05, 0) is 23.8 Å². The zero-order valence-corrected chi connectivity index (χ0v) is 15.8. The summed E-state index contributed by atoms with van der Waals surface area (Å²) < 4.78 is 25.8. The molecular formula is C20H23FN2O5. The topological polar surface area (TPSA) is 81.0 Å². The number of aromatic nitrogens is 1. The molecule has 2 unspecified atom stereocenters. The Labute approximate surface area is 161 Å². The molecule has 1 aliphatic rings. The number of pyridine rings is 1. The number of hydrogen-bond donors (Lipinski definition) is 1. The lowest BCUT2D eigenvalue weighted by atomic mass is 9.97. The molecule has 1 aromatic carbocycles. The lowest BCUT2D eigenvalue weighted by Crippen LogP contribution is -2.36. The Morgan fingerprint density at radius 3 is 2.71 bits per heavy atom. The second kappa shape index (κ2) is 8.53. The molecule has 8 heteroatoms. The molecule has 0 spiro atoms. The van der Waals surface area contributed by atoms with Gasteiger partial charge in [0.25, 0.3) is 5.56 Å². The summed E-state index contributed by atoms with van der Waals surface area (Å²) in [5.74, 6) is -0.645. The zero-order chi connectivity index (χ0) is 20.3. The largest absolute Gasteiger partial charge is 0.497 e. The van der Waals surface area contributed by atoms with Crippen LogP contribution in [0.2, 0.25) is 0 Å². The molecule has 1 saturated heterocycles. The highest BCUT2D eigenvalue weighted by Crippen LogP contribution is 2.33. The third-order valence-electron chi connectivity index (χ3n) is 4.98. The number of ether oxygens (including phenoxy) is 2. The van der Waals surface area contributed by atoms with E-state index in [1.54, 1.807) is 30.5 Å². The van der Waals surface area contributed by atoms with Gasteiger partial charge in [0.2, 0.25) is 5.91 Å². The van der Waals surface area contributed by atoms with E-state index < -0.39 is 17.4 Å². The van der Waals surface area contributed by atoms with Crippen LogP contribution in [0.5, 0.6) is 5.75 Å². The van der Waals surface area contributed by atoms with Crippen LogP contribution < -0.4 is 15.2 Å². The van der Waals surface area contributed by atoms with Crippen molar-refractivity contribution in [2.45, 2.75) is 18.4 Å². The molecule has 150 valence electrons. The Hall–Kier alpha value is -2.71. The first-order valence-electron chi connectivity index (χ1n) is 8.94. The molecule has 1 aromatic heterocycles. The minimum atomic E-state index is -0.551. The average Bonchev–Trinajstić information content (AvgIpc) is 3.07. The van der Waals surface area contributed by atoms with E-state index in [-0.39, 0.29) is 43.7 Å². The fourth-order valence-electron chi connectivity index (χ4n) is 3.52. The number of anilines is 1. The van der Waals surface area contributed by atoms with Crippen molar-refractivity contribution in [2.24, 2.45) is 0 Å². The number of aliphatic hydroxyl groups excluding tert-OH is 1. The second-order valence-electron chi connectivity index (χ2n) is 6.69. The average molecular weight is 390 g/mol. The molecule has 2 heterocycles. The van der Waals surface area contributed by atoms with E-state index >= 15 is 0 Å². The van der Waals surface area contributed by atoms with Crippen molar-refractivity contribution < 1.29 is 23.8 Å². The van der Waals surface area contributed by atoms with E-state index in [0.29, 0.717) is 11.3 Å². The number of carbonyl (C=O) groups is 1. The molecule has 1 N–H and O–H groups in total. The van der Waals surface area contributed by atoms with Gasteiger partial charge in [-0.1, -0.05) is 6.07 Å². The number of rotatable bonds is 7. The van der Waals surface area contributed by atoms with Gasteiger partial charge in [0.15, 0.2) is 0 Å². The Morgan fingerprint density at radius 2 is 2.07 bits per heavy atom. The van der Waals surface area contributed by atoms with Gasteiger partial charge in [-0.3, -0.25) is 9.59 Å².